The van der Waals surface area contributed by atoms with E-state index >= 15 is 0 Å². The van der Waals surface area contributed by atoms with Crippen molar-refractivity contribution in [2.45, 2.75) is 140 Å². The van der Waals surface area contributed by atoms with E-state index in [2.05, 4.69) is 42.2 Å². The van der Waals surface area contributed by atoms with Gasteiger partial charge in [-0.2, -0.15) is 0 Å². The van der Waals surface area contributed by atoms with Crippen LogP contribution in [0.4, 0.5) is 0 Å². The average Bonchev–Trinajstić information content (AvgIpc) is 3.79. The maximum absolute atomic E-state index is 14.2. The van der Waals surface area contributed by atoms with Crippen LogP contribution in [-0.2, 0) is 44.8 Å². The van der Waals surface area contributed by atoms with Gasteiger partial charge in [-0.15, -0.1) is 0 Å². The van der Waals surface area contributed by atoms with Gasteiger partial charge in [-0.05, 0) is 114 Å². The zero-order valence-corrected chi connectivity index (χ0v) is 37.3. The van der Waals surface area contributed by atoms with Gasteiger partial charge in [0.2, 0.25) is 35.4 Å². The molecule has 1 aliphatic heterocycles. The fourth-order valence-corrected chi connectivity index (χ4v) is 6.99. The van der Waals surface area contributed by atoms with Gasteiger partial charge in [0.25, 0.3) is 0 Å². The molecule has 23 nitrogen and oxygen atoms in total. The smallest absolute Gasteiger partial charge is 0.326 e. The number of nitrogens with one attached hydrogen (secondary N) is 7. The van der Waals surface area contributed by atoms with Crippen LogP contribution in [0.25, 0.3) is 0 Å². The number of nitrogens with two attached hydrogens (primary N) is 4. The third-order valence-electron chi connectivity index (χ3n) is 10.5. The number of aliphatic carboxylic acids is 2. The zero-order chi connectivity index (χ0) is 48.5. The van der Waals surface area contributed by atoms with Crippen molar-refractivity contribution in [3.8, 4) is 5.75 Å². The first kappa shape index (κ1) is 55.1. The van der Waals surface area contributed by atoms with Gasteiger partial charge in [0.15, 0.2) is 5.96 Å². The maximum Gasteiger partial charge on any atom is 0.326 e. The van der Waals surface area contributed by atoms with E-state index in [0.717, 1.165) is 6.42 Å². The number of carboxylic acids is 2. The van der Waals surface area contributed by atoms with E-state index in [-0.39, 0.29) is 68.7 Å². The minimum absolute atomic E-state index is 0.0119. The quantitative estimate of drug-likeness (QED) is 0.0208. The number of unbranched alkanes of at least 4 members (excludes halogenated alkanes) is 2. The molecule has 1 aromatic carbocycles. The van der Waals surface area contributed by atoms with Crippen LogP contribution in [0.2, 0.25) is 0 Å². The van der Waals surface area contributed by atoms with Gasteiger partial charge < -0.3 is 75.5 Å². The Labute approximate surface area is 378 Å². The lowest BCUT2D eigenvalue weighted by molar-refractivity contribution is -0.144. The SMILES string of the molecule is CC(C)CC(NC(=O)C(CCCCN)NC(=O)C(CCCN=C(N)N)NC(=O)C1CCCN1)C(=O)NC(Cc1ccc(O)cc1)C(=O)NC(CC(=O)O)C(=O)NC(CCCCN)C(=O)O. The Kier molecular flexibility index (Phi) is 24.9. The summed E-state index contributed by atoms with van der Waals surface area (Å²) in [4.78, 5) is 110. The van der Waals surface area contributed by atoms with Gasteiger partial charge in [-0.25, -0.2) is 4.79 Å². The Morgan fingerprint density at radius 3 is 1.71 bits per heavy atom. The molecule has 2 rings (SSSR count). The van der Waals surface area contributed by atoms with Crippen molar-refractivity contribution >= 4 is 53.3 Å². The molecule has 1 fully saturated rings. The molecule has 0 radical (unpaired) electrons. The van der Waals surface area contributed by atoms with E-state index in [1.807, 2.05) is 0 Å². The fraction of sp³-hybridized carbons (Fsp3) is 0.643. The molecule has 1 aliphatic rings. The molecule has 0 aliphatic carbocycles. The van der Waals surface area contributed by atoms with E-state index in [0.29, 0.717) is 57.2 Å². The van der Waals surface area contributed by atoms with Crippen molar-refractivity contribution in [3.05, 3.63) is 29.8 Å². The monoisotopic (exact) mass is 919 g/mol. The van der Waals surface area contributed by atoms with Gasteiger partial charge in [0.05, 0.1) is 12.5 Å². The predicted octanol–water partition coefficient (Wildman–Crippen LogP) is -2.49. The summed E-state index contributed by atoms with van der Waals surface area (Å²) in [5.74, 6) is -8.01. The van der Waals surface area contributed by atoms with E-state index in [4.69, 9.17) is 22.9 Å². The Morgan fingerprint density at radius 2 is 1.17 bits per heavy atom. The molecule has 0 saturated carbocycles. The number of aliphatic imine (C=N–C) groups is 1. The minimum Gasteiger partial charge on any atom is -0.508 e. The highest BCUT2D eigenvalue weighted by Gasteiger charge is 2.35. The summed E-state index contributed by atoms with van der Waals surface area (Å²) in [6.45, 7) is 4.98. The average molecular weight is 919 g/mol. The molecule has 0 bridgehead atoms. The number of amides is 6. The number of benzene rings is 1. The Morgan fingerprint density at radius 1 is 0.677 bits per heavy atom. The van der Waals surface area contributed by atoms with Crippen LogP contribution in [0.1, 0.15) is 96.5 Å². The van der Waals surface area contributed by atoms with E-state index in [1.165, 1.54) is 24.3 Å². The molecule has 1 aromatic rings. The summed E-state index contributed by atoms with van der Waals surface area (Å²) in [7, 11) is 0. The first-order chi connectivity index (χ1) is 30.8. The molecule has 364 valence electrons. The number of hydrogen-bond donors (Lipinski definition) is 14. The molecule has 0 spiro atoms. The molecule has 65 heavy (non-hydrogen) atoms. The number of aromatic hydroxyl groups is 1. The fourth-order valence-electron chi connectivity index (χ4n) is 6.99. The standard InChI is InChI=1S/C42H70N12O11/c1-24(2)21-31(52-37(60)28(9-3-5-17-43)50-36(59)29(12-8-20-48-42(45)46)49-35(58)27-11-7-19-47-27)38(61)53-32(22-25-13-15-26(55)16-14-25)39(62)54-33(23-34(56)57)40(63)51-30(41(64)65)10-4-6-18-44/h13-16,24,27-33,47,55H,3-12,17-23,43-44H2,1-2H3,(H,49,58)(H,50,59)(H,51,63)(H,52,60)(H,53,61)(H,54,62)(H,56,57)(H,64,65)(H4,45,46,48). The summed E-state index contributed by atoms with van der Waals surface area (Å²) in [6, 6.07) is -3.10. The van der Waals surface area contributed by atoms with Crippen LogP contribution < -0.4 is 60.2 Å². The van der Waals surface area contributed by atoms with Gasteiger partial charge in [-0.1, -0.05) is 26.0 Å². The Balaban J connectivity index is 2.42. The molecular formula is C42H70N12O11. The largest absolute Gasteiger partial charge is 0.508 e. The van der Waals surface area contributed by atoms with Gasteiger partial charge in [0, 0.05) is 13.0 Å². The lowest BCUT2D eigenvalue weighted by Crippen LogP contribution is -2.60. The molecule has 1 heterocycles. The van der Waals surface area contributed by atoms with Gasteiger partial charge in [-0.3, -0.25) is 38.6 Å². The highest BCUT2D eigenvalue weighted by molar-refractivity contribution is 5.97. The maximum atomic E-state index is 14.2. The number of phenols is 1. The van der Waals surface area contributed by atoms with Crippen LogP contribution in [0.15, 0.2) is 29.3 Å². The lowest BCUT2D eigenvalue weighted by Gasteiger charge is -2.28. The van der Waals surface area contributed by atoms with Crippen molar-refractivity contribution in [2.24, 2.45) is 33.8 Å². The number of carbonyl (C=O) groups excluding carboxylic acids is 6. The Hall–Kier alpha value is -6.07. The first-order valence-electron chi connectivity index (χ1n) is 22.1. The van der Waals surface area contributed by atoms with Crippen LogP contribution in [0.3, 0.4) is 0 Å². The molecule has 7 atom stereocenters. The number of hydrogen-bond acceptors (Lipinski definition) is 13. The highest BCUT2D eigenvalue weighted by Crippen LogP contribution is 2.14. The topological polar surface area (TPSA) is 398 Å². The molecule has 0 aromatic heterocycles. The number of guanidine groups is 1. The lowest BCUT2D eigenvalue weighted by atomic mass is 9.99. The summed E-state index contributed by atoms with van der Waals surface area (Å²) in [5, 5.41) is 47.8. The van der Waals surface area contributed by atoms with Crippen molar-refractivity contribution in [2.75, 3.05) is 26.2 Å². The van der Waals surface area contributed by atoms with Crippen molar-refractivity contribution < 1.29 is 53.7 Å². The Bertz CT molecular complexity index is 1750. The zero-order valence-electron chi connectivity index (χ0n) is 37.3. The number of nitrogens with zero attached hydrogens (tertiary/aromatic N) is 1. The van der Waals surface area contributed by atoms with Crippen LogP contribution in [0.5, 0.6) is 5.75 Å². The number of rotatable bonds is 31. The van der Waals surface area contributed by atoms with E-state index in [1.54, 1.807) is 13.8 Å². The second-order valence-electron chi connectivity index (χ2n) is 16.5. The van der Waals surface area contributed by atoms with Crippen molar-refractivity contribution in [1.29, 1.82) is 0 Å². The molecule has 1 saturated heterocycles. The molecule has 23 heteroatoms. The second-order valence-corrected chi connectivity index (χ2v) is 16.5. The minimum atomic E-state index is -1.77. The predicted molar refractivity (Wildman–Crippen MR) is 239 cm³/mol. The summed E-state index contributed by atoms with van der Waals surface area (Å²) < 4.78 is 0. The third kappa shape index (κ3) is 21.4. The second kappa shape index (κ2) is 29.4. The van der Waals surface area contributed by atoms with Crippen LogP contribution >= 0.6 is 0 Å². The van der Waals surface area contributed by atoms with Crippen LogP contribution in [0, 0.1) is 5.92 Å². The molecular weight excluding hydrogens is 849 g/mol. The van der Waals surface area contributed by atoms with Gasteiger partial charge in [0.1, 0.15) is 42.0 Å². The number of phenolic OH excluding ortho intramolecular Hbond substituents is 1. The van der Waals surface area contributed by atoms with Gasteiger partial charge >= 0.3 is 11.9 Å². The van der Waals surface area contributed by atoms with Crippen LogP contribution in [-0.4, -0.2) is 137 Å². The highest BCUT2D eigenvalue weighted by atomic mass is 16.4. The van der Waals surface area contributed by atoms with Crippen molar-refractivity contribution in [1.82, 2.24) is 37.2 Å². The van der Waals surface area contributed by atoms with Crippen molar-refractivity contribution in [3.63, 3.8) is 0 Å². The molecule has 18 N–H and O–H groups in total. The summed E-state index contributed by atoms with van der Waals surface area (Å²) in [5.41, 5.74) is 22.6. The number of carboxylic acid groups (broad SMARTS) is 2. The summed E-state index contributed by atoms with van der Waals surface area (Å²) in [6.07, 6.45) is 2.51. The van der Waals surface area contributed by atoms with E-state index in [9.17, 15) is 53.7 Å². The van der Waals surface area contributed by atoms with E-state index < -0.39 is 90.2 Å². The molecule has 6 amide bonds. The number of carbonyl (C=O) groups is 8. The summed E-state index contributed by atoms with van der Waals surface area (Å²) >= 11 is 0. The first-order valence-corrected chi connectivity index (χ1v) is 22.1. The normalized spacial score (nSPS) is 16.1. The third-order valence-corrected chi connectivity index (χ3v) is 10.5. The molecule has 7 unspecified atom stereocenters.